The van der Waals surface area contributed by atoms with E-state index in [1.165, 1.54) is 28.7 Å². The maximum Gasteiger partial charge on any atom is 0.271 e. The summed E-state index contributed by atoms with van der Waals surface area (Å²) in [5.74, 6) is 0.371. The first-order valence-corrected chi connectivity index (χ1v) is 8.81. The van der Waals surface area contributed by atoms with E-state index in [1.807, 2.05) is 13.0 Å². The highest BCUT2D eigenvalue weighted by Gasteiger charge is 2.19. The molecule has 3 heterocycles. The lowest BCUT2D eigenvalue weighted by Gasteiger charge is -2.10. The summed E-state index contributed by atoms with van der Waals surface area (Å²) >= 11 is 1.26. The molecule has 0 fully saturated rings. The topological polar surface area (TPSA) is 89.8 Å². The molecule has 0 spiro atoms. The van der Waals surface area contributed by atoms with Crippen LogP contribution in [0.4, 0.5) is 5.69 Å². The number of nitrogens with zero attached hydrogens (tertiary/aromatic N) is 4. The normalized spacial score (nSPS) is 11.5. The van der Waals surface area contributed by atoms with Crippen molar-refractivity contribution in [3.05, 3.63) is 48.0 Å². The van der Waals surface area contributed by atoms with Crippen LogP contribution in [-0.2, 0) is 16.4 Å². The zero-order valence-electron chi connectivity index (χ0n) is 11.7. The van der Waals surface area contributed by atoms with Crippen LogP contribution in [0.25, 0.3) is 5.82 Å². The van der Waals surface area contributed by atoms with E-state index in [2.05, 4.69) is 19.8 Å². The van der Waals surface area contributed by atoms with Crippen LogP contribution in [0, 0.1) is 0 Å². The Bertz CT molecular complexity index is 871. The molecule has 0 unspecified atom stereocenters. The van der Waals surface area contributed by atoms with E-state index in [0.717, 1.165) is 11.3 Å². The summed E-state index contributed by atoms with van der Waals surface area (Å²) in [5, 5.41) is 3.98. The fraction of sp³-hybridized carbons (Fsp3) is 0.154. The number of aromatic nitrogens is 4. The molecule has 0 atom stereocenters. The fourth-order valence-electron chi connectivity index (χ4n) is 1.86. The minimum absolute atomic E-state index is 0.276. The SMILES string of the molecule is CCc1ccc(S(=O)(=O)Nc2cccnc2-n2cncn2)s1. The van der Waals surface area contributed by atoms with Crippen LogP contribution in [0.1, 0.15) is 11.8 Å². The van der Waals surface area contributed by atoms with Gasteiger partial charge in [-0.05, 0) is 30.7 Å². The first-order chi connectivity index (χ1) is 10.6. The minimum Gasteiger partial charge on any atom is -0.275 e. The average Bonchev–Trinajstić information content (AvgIpc) is 3.19. The fourth-order valence-corrected chi connectivity index (χ4v) is 4.22. The van der Waals surface area contributed by atoms with Gasteiger partial charge >= 0.3 is 0 Å². The molecule has 3 aromatic rings. The second-order valence-corrected chi connectivity index (χ2v) is 7.47. The summed E-state index contributed by atoms with van der Waals surface area (Å²) in [5.41, 5.74) is 0.347. The van der Waals surface area contributed by atoms with E-state index in [4.69, 9.17) is 0 Å². The largest absolute Gasteiger partial charge is 0.275 e. The zero-order chi connectivity index (χ0) is 15.6. The third kappa shape index (κ3) is 2.85. The lowest BCUT2D eigenvalue weighted by atomic mass is 10.4. The van der Waals surface area contributed by atoms with Gasteiger partial charge in [-0.3, -0.25) is 4.72 Å². The van der Waals surface area contributed by atoms with Crippen molar-refractivity contribution >= 4 is 27.0 Å². The van der Waals surface area contributed by atoms with Gasteiger partial charge in [0, 0.05) is 11.1 Å². The van der Waals surface area contributed by atoms with Crippen LogP contribution in [0.2, 0.25) is 0 Å². The van der Waals surface area contributed by atoms with Crippen molar-refractivity contribution in [3.63, 3.8) is 0 Å². The van der Waals surface area contributed by atoms with Crippen LogP contribution in [0.15, 0.2) is 47.3 Å². The van der Waals surface area contributed by atoms with Crippen molar-refractivity contribution in [2.75, 3.05) is 4.72 Å². The van der Waals surface area contributed by atoms with Crippen molar-refractivity contribution in [2.45, 2.75) is 17.6 Å². The van der Waals surface area contributed by atoms with Gasteiger partial charge in [0.15, 0.2) is 5.82 Å². The maximum absolute atomic E-state index is 12.5. The summed E-state index contributed by atoms with van der Waals surface area (Å²) in [6.45, 7) is 1.99. The average molecular weight is 335 g/mol. The van der Waals surface area contributed by atoms with Crippen LogP contribution >= 0.6 is 11.3 Å². The highest BCUT2D eigenvalue weighted by molar-refractivity contribution is 7.94. The third-order valence-electron chi connectivity index (χ3n) is 2.92. The predicted octanol–water partition coefficient (Wildman–Crippen LogP) is 2.09. The molecule has 0 aliphatic heterocycles. The smallest absolute Gasteiger partial charge is 0.271 e. The van der Waals surface area contributed by atoms with Gasteiger partial charge < -0.3 is 0 Å². The van der Waals surface area contributed by atoms with Crippen molar-refractivity contribution in [1.29, 1.82) is 0 Å². The molecule has 3 aromatic heterocycles. The van der Waals surface area contributed by atoms with E-state index in [-0.39, 0.29) is 4.21 Å². The molecule has 0 aliphatic rings. The van der Waals surface area contributed by atoms with Crippen LogP contribution in [0.5, 0.6) is 0 Å². The molecule has 9 heteroatoms. The summed E-state index contributed by atoms with van der Waals surface area (Å²) in [6.07, 6.45) is 5.19. The molecule has 114 valence electrons. The Morgan fingerprint density at radius 2 is 2.18 bits per heavy atom. The van der Waals surface area contributed by atoms with Gasteiger partial charge in [0.25, 0.3) is 10.0 Å². The Labute approximate surface area is 131 Å². The molecule has 0 bridgehead atoms. The van der Waals surface area contributed by atoms with E-state index in [9.17, 15) is 8.42 Å². The Balaban J connectivity index is 1.96. The standard InChI is InChI=1S/C13H13N5O2S2/c1-2-10-5-6-12(21-10)22(19,20)17-11-4-3-7-15-13(11)18-9-14-8-16-18/h3-9,17H,2H2,1H3. The van der Waals surface area contributed by atoms with E-state index in [1.54, 1.807) is 24.4 Å². The van der Waals surface area contributed by atoms with Crippen molar-refractivity contribution in [2.24, 2.45) is 0 Å². The maximum atomic E-state index is 12.5. The van der Waals surface area contributed by atoms with Crippen LogP contribution < -0.4 is 4.72 Å². The van der Waals surface area contributed by atoms with Gasteiger partial charge in [-0.15, -0.1) is 11.3 Å². The van der Waals surface area contributed by atoms with Crippen LogP contribution in [-0.4, -0.2) is 28.2 Å². The number of rotatable bonds is 5. The second-order valence-electron chi connectivity index (χ2n) is 4.39. The van der Waals surface area contributed by atoms with Crippen molar-refractivity contribution < 1.29 is 8.42 Å². The molecule has 0 amide bonds. The van der Waals surface area contributed by atoms with Crippen molar-refractivity contribution in [3.8, 4) is 5.82 Å². The summed E-state index contributed by atoms with van der Waals surface area (Å²) < 4.78 is 29.2. The third-order valence-corrected chi connectivity index (χ3v) is 6.00. The molecule has 0 saturated carbocycles. The molecule has 7 nitrogen and oxygen atoms in total. The zero-order valence-corrected chi connectivity index (χ0v) is 13.3. The van der Waals surface area contributed by atoms with Crippen molar-refractivity contribution in [1.82, 2.24) is 19.7 Å². The molecule has 0 aromatic carbocycles. The van der Waals surface area contributed by atoms with Gasteiger partial charge in [0.05, 0.1) is 5.69 Å². The Morgan fingerprint density at radius 3 is 2.86 bits per heavy atom. The molecule has 0 saturated heterocycles. The van der Waals surface area contributed by atoms with Gasteiger partial charge in [0.1, 0.15) is 16.9 Å². The number of hydrogen-bond donors (Lipinski definition) is 1. The Kier molecular flexibility index (Phi) is 3.90. The highest BCUT2D eigenvalue weighted by Crippen LogP contribution is 2.26. The number of nitrogens with one attached hydrogen (secondary N) is 1. The molecular formula is C13H13N5O2S2. The molecule has 1 N–H and O–H groups in total. The quantitative estimate of drug-likeness (QED) is 0.771. The highest BCUT2D eigenvalue weighted by atomic mass is 32.2. The number of aryl methyl sites for hydroxylation is 1. The summed E-state index contributed by atoms with van der Waals surface area (Å²) in [7, 11) is -3.65. The molecule has 3 rings (SSSR count). The van der Waals surface area contributed by atoms with Gasteiger partial charge in [-0.2, -0.15) is 5.10 Å². The van der Waals surface area contributed by atoms with Gasteiger partial charge in [-0.25, -0.2) is 23.1 Å². The van der Waals surface area contributed by atoms with E-state index < -0.39 is 10.0 Å². The lowest BCUT2D eigenvalue weighted by Crippen LogP contribution is -2.14. The molecule has 22 heavy (non-hydrogen) atoms. The molecule has 0 aliphatic carbocycles. The van der Waals surface area contributed by atoms with E-state index in [0.29, 0.717) is 11.5 Å². The minimum atomic E-state index is -3.65. The number of thiophene rings is 1. The lowest BCUT2D eigenvalue weighted by molar-refractivity contribution is 0.603. The first-order valence-electron chi connectivity index (χ1n) is 6.51. The molecular weight excluding hydrogens is 322 g/mol. The Morgan fingerprint density at radius 1 is 1.32 bits per heavy atom. The number of pyridine rings is 1. The molecule has 0 radical (unpaired) electrons. The summed E-state index contributed by atoms with van der Waals surface area (Å²) in [4.78, 5) is 9.02. The van der Waals surface area contributed by atoms with Crippen LogP contribution in [0.3, 0.4) is 0 Å². The number of sulfonamides is 1. The summed E-state index contributed by atoms with van der Waals surface area (Å²) in [6, 6.07) is 6.72. The second kappa shape index (κ2) is 5.85. The van der Waals surface area contributed by atoms with Gasteiger partial charge in [-0.1, -0.05) is 6.92 Å². The predicted molar refractivity (Wildman–Crippen MR) is 83.7 cm³/mol. The number of anilines is 1. The number of hydrogen-bond acceptors (Lipinski definition) is 6. The van der Waals surface area contributed by atoms with E-state index >= 15 is 0 Å². The van der Waals surface area contributed by atoms with Gasteiger partial charge in [0.2, 0.25) is 0 Å². The Hall–Kier alpha value is -2.26. The monoisotopic (exact) mass is 335 g/mol. The first kappa shape index (κ1) is 14.7.